The number of nitrogens with zero attached hydrogens (tertiary/aromatic N) is 2. The molecule has 1 aliphatic rings. The van der Waals surface area contributed by atoms with Crippen LogP contribution in [0.2, 0.25) is 0 Å². The Morgan fingerprint density at radius 2 is 2.19 bits per heavy atom. The average molecular weight is 299 g/mol. The molecule has 0 bridgehead atoms. The molecule has 2 aromatic rings. The summed E-state index contributed by atoms with van der Waals surface area (Å²) in [6.45, 7) is -0.787. The monoisotopic (exact) mass is 299 g/mol. The molecule has 0 aliphatic carbocycles. The quantitative estimate of drug-likeness (QED) is 0.940. The van der Waals surface area contributed by atoms with E-state index >= 15 is 0 Å². The van der Waals surface area contributed by atoms with Crippen molar-refractivity contribution in [2.45, 2.75) is 19.2 Å². The number of benzene rings is 1. The molecule has 2 heterocycles. The van der Waals surface area contributed by atoms with Gasteiger partial charge >= 0.3 is 6.18 Å². The molecule has 0 unspecified atom stereocenters. The summed E-state index contributed by atoms with van der Waals surface area (Å²) in [6, 6.07) is 5.70. The van der Waals surface area contributed by atoms with Gasteiger partial charge in [0.1, 0.15) is 13.2 Å². The maximum Gasteiger partial charge on any atom is 0.411 e. The van der Waals surface area contributed by atoms with Crippen LogP contribution in [0.25, 0.3) is 11.5 Å². The maximum absolute atomic E-state index is 12.0. The molecule has 1 aromatic carbocycles. The second kappa shape index (κ2) is 5.36. The van der Waals surface area contributed by atoms with Gasteiger partial charge in [0.15, 0.2) is 5.82 Å². The molecule has 0 saturated heterocycles. The zero-order valence-electron chi connectivity index (χ0n) is 10.9. The summed E-state index contributed by atoms with van der Waals surface area (Å²) in [5.41, 5.74) is 2.95. The summed E-state index contributed by atoms with van der Waals surface area (Å²) in [5, 5.41) is 6.84. The van der Waals surface area contributed by atoms with Gasteiger partial charge < -0.3 is 14.6 Å². The van der Waals surface area contributed by atoms with E-state index in [4.69, 9.17) is 4.52 Å². The number of aromatic nitrogens is 2. The minimum atomic E-state index is -4.36. The number of anilines is 1. The molecule has 1 aliphatic heterocycles. The van der Waals surface area contributed by atoms with E-state index in [1.165, 1.54) is 5.56 Å². The summed E-state index contributed by atoms with van der Waals surface area (Å²) in [7, 11) is 0. The summed E-state index contributed by atoms with van der Waals surface area (Å²) in [4.78, 5) is 4.03. The van der Waals surface area contributed by atoms with Crippen molar-refractivity contribution in [1.29, 1.82) is 0 Å². The molecule has 1 N–H and O–H groups in total. The van der Waals surface area contributed by atoms with Crippen LogP contribution in [-0.2, 0) is 17.8 Å². The van der Waals surface area contributed by atoms with Gasteiger partial charge in [-0.2, -0.15) is 18.2 Å². The van der Waals surface area contributed by atoms with E-state index in [0.717, 1.165) is 24.2 Å². The fourth-order valence-electron chi connectivity index (χ4n) is 2.11. The Bertz CT molecular complexity index is 640. The zero-order valence-corrected chi connectivity index (χ0v) is 10.9. The second-order valence-corrected chi connectivity index (χ2v) is 4.67. The third kappa shape index (κ3) is 3.33. The van der Waals surface area contributed by atoms with Crippen molar-refractivity contribution in [3.8, 4) is 11.5 Å². The number of halogens is 3. The highest BCUT2D eigenvalue weighted by Crippen LogP contribution is 2.28. The van der Waals surface area contributed by atoms with E-state index in [-0.39, 0.29) is 18.3 Å². The fraction of sp³-hybridized carbons (Fsp3) is 0.385. The van der Waals surface area contributed by atoms with Crippen LogP contribution in [-0.4, -0.2) is 29.5 Å². The van der Waals surface area contributed by atoms with Gasteiger partial charge in [-0.15, -0.1) is 0 Å². The first kappa shape index (κ1) is 13.9. The number of hydrogen-bond donors (Lipinski definition) is 1. The molecule has 0 radical (unpaired) electrons. The Morgan fingerprint density at radius 3 is 3.00 bits per heavy atom. The predicted octanol–water partition coefficient (Wildman–Crippen LogP) is 2.78. The Kier molecular flexibility index (Phi) is 3.54. The van der Waals surface area contributed by atoms with E-state index in [2.05, 4.69) is 20.2 Å². The first-order valence-electron chi connectivity index (χ1n) is 6.35. The van der Waals surface area contributed by atoms with Gasteiger partial charge in [0.2, 0.25) is 0 Å². The van der Waals surface area contributed by atoms with Crippen molar-refractivity contribution in [1.82, 2.24) is 10.1 Å². The minimum Gasteiger partial charge on any atom is -0.384 e. The van der Waals surface area contributed by atoms with E-state index in [0.29, 0.717) is 0 Å². The number of rotatable bonds is 4. The van der Waals surface area contributed by atoms with Gasteiger partial charge in [0.05, 0.1) is 0 Å². The lowest BCUT2D eigenvalue weighted by atomic mass is 10.1. The van der Waals surface area contributed by atoms with Gasteiger partial charge in [-0.1, -0.05) is 11.2 Å². The van der Waals surface area contributed by atoms with Crippen LogP contribution in [0.4, 0.5) is 18.9 Å². The number of fused-ring (bicyclic) bond motifs is 1. The van der Waals surface area contributed by atoms with Crippen LogP contribution in [0.1, 0.15) is 11.4 Å². The smallest absolute Gasteiger partial charge is 0.384 e. The Hall–Kier alpha value is -2.09. The number of hydrogen-bond acceptors (Lipinski definition) is 5. The molecule has 3 rings (SSSR count). The van der Waals surface area contributed by atoms with Crippen molar-refractivity contribution >= 4 is 5.69 Å². The van der Waals surface area contributed by atoms with E-state index in [9.17, 15) is 13.2 Å². The lowest BCUT2D eigenvalue weighted by molar-refractivity contribution is -0.177. The lowest BCUT2D eigenvalue weighted by Gasteiger charge is -2.04. The standard InChI is InChI=1S/C13H12F3N3O2/c14-13(15,16)7-20-6-11-18-12(21-19-11)9-2-1-8-3-4-17-10(8)5-9/h1-2,5,17H,3-4,6-7H2. The highest BCUT2D eigenvalue weighted by atomic mass is 19.4. The summed E-state index contributed by atoms with van der Waals surface area (Å²) in [6.07, 6.45) is -3.39. The molecule has 0 amide bonds. The second-order valence-electron chi connectivity index (χ2n) is 4.67. The maximum atomic E-state index is 12.0. The van der Waals surface area contributed by atoms with Crippen molar-refractivity contribution in [2.24, 2.45) is 0 Å². The van der Waals surface area contributed by atoms with Gasteiger partial charge in [0, 0.05) is 17.8 Å². The highest BCUT2D eigenvalue weighted by Gasteiger charge is 2.27. The van der Waals surface area contributed by atoms with Crippen molar-refractivity contribution in [2.75, 3.05) is 18.5 Å². The third-order valence-electron chi connectivity index (χ3n) is 3.03. The predicted molar refractivity (Wildman–Crippen MR) is 67.6 cm³/mol. The minimum absolute atomic E-state index is 0.0858. The van der Waals surface area contributed by atoms with Gasteiger partial charge in [-0.05, 0) is 24.1 Å². The van der Waals surface area contributed by atoms with Crippen LogP contribution in [0, 0.1) is 0 Å². The third-order valence-corrected chi connectivity index (χ3v) is 3.03. The molecular formula is C13H12F3N3O2. The van der Waals surface area contributed by atoms with Crippen LogP contribution in [0.3, 0.4) is 0 Å². The lowest BCUT2D eigenvalue weighted by Crippen LogP contribution is -2.16. The van der Waals surface area contributed by atoms with Crippen LogP contribution in [0.15, 0.2) is 22.7 Å². The zero-order chi connectivity index (χ0) is 14.9. The topological polar surface area (TPSA) is 60.2 Å². The first-order valence-corrected chi connectivity index (χ1v) is 6.35. The van der Waals surface area contributed by atoms with E-state index in [1.807, 2.05) is 18.2 Å². The Morgan fingerprint density at radius 1 is 1.33 bits per heavy atom. The van der Waals surface area contributed by atoms with Crippen molar-refractivity contribution < 1.29 is 22.4 Å². The molecule has 0 spiro atoms. The van der Waals surface area contributed by atoms with Crippen molar-refractivity contribution in [3.05, 3.63) is 29.6 Å². The van der Waals surface area contributed by atoms with Crippen LogP contribution < -0.4 is 5.32 Å². The molecule has 21 heavy (non-hydrogen) atoms. The highest BCUT2D eigenvalue weighted by molar-refractivity contribution is 5.66. The van der Waals surface area contributed by atoms with Gasteiger partial charge in [-0.25, -0.2) is 0 Å². The molecule has 1 aromatic heterocycles. The van der Waals surface area contributed by atoms with Crippen molar-refractivity contribution in [3.63, 3.8) is 0 Å². The SMILES string of the molecule is FC(F)(F)COCc1noc(-c2ccc3c(c2)NCC3)n1. The first-order chi connectivity index (χ1) is 10.0. The summed E-state index contributed by atoms with van der Waals surface area (Å²) >= 11 is 0. The van der Waals surface area contributed by atoms with E-state index < -0.39 is 12.8 Å². The molecule has 8 heteroatoms. The average Bonchev–Trinajstić information content (AvgIpc) is 3.04. The Labute approximate surface area is 118 Å². The molecule has 0 atom stereocenters. The van der Waals surface area contributed by atoms with Gasteiger partial charge in [0.25, 0.3) is 5.89 Å². The summed E-state index contributed by atoms with van der Waals surface area (Å²) in [5.74, 6) is 0.347. The van der Waals surface area contributed by atoms with Crippen LogP contribution in [0.5, 0.6) is 0 Å². The van der Waals surface area contributed by atoms with Crippen LogP contribution >= 0.6 is 0 Å². The number of alkyl halides is 3. The molecule has 5 nitrogen and oxygen atoms in total. The van der Waals surface area contributed by atoms with E-state index in [1.54, 1.807) is 0 Å². The molecule has 112 valence electrons. The molecular weight excluding hydrogens is 287 g/mol. The van der Waals surface area contributed by atoms with Gasteiger partial charge in [-0.3, -0.25) is 0 Å². The fourth-order valence-corrected chi connectivity index (χ4v) is 2.11. The number of nitrogens with one attached hydrogen (secondary N) is 1. The largest absolute Gasteiger partial charge is 0.411 e. The summed E-state index contributed by atoms with van der Waals surface area (Å²) < 4.78 is 45.4. The molecule has 0 saturated carbocycles. The normalized spacial score (nSPS) is 14.0. The molecule has 0 fully saturated rings. The number of ether oxygens (including phenoxy) is 1. The Balaban J connectivity index is 1.67.